The van der Waals surface area contributed by atoms with Crippen molar-refractivity contribution in [1.29, 1.82) is 0 Å². The molecule has 2 heterocycles. The fourth-order valence-electron chi connectivity index (χ4n) is 1.41. The summed E-state index contributed by atoms with van der Waals surface area (Å²) in [6, 6.07) is 5.93. The minimum Gasteiger partial charge on any atom is -0.475 e. The molecular weight excluding hydrogens is 238 g/mol. The summed E-state index contributed by atoms with van der Waals surface area (Å²) in [6.45, 7) is 0. The van der Waals surface area contributed by atoms with E-state index in [1.807, 2.05) is 0 Å². The zero-order chi connectivity index (χ0) is 13.1. The van der Waals surface area contributed by atoms with Gasteiger partial charge in [-0.05, 0) is 24.3 Å². The van der Waals surface area contributed by atoms with Gasteiger partial charge in [0, 0.05) is 11.8 Å². The maximum Gasteiger partial charge on any atom is 0.371 e. The zero-order valence-corrected chi connectivity index (χ0v) is 9.41. The maximum absolute atomic E-state index is 11.3. The van der Waals surface area contributed by atoms with Crippen molar-refractivity contribution in [3.05, 3.63) is 41.9 Å². The van der Waals surface area contributed by atoms with Crippen molar-refractivity contribution in [2.45, 2.75) is 0 Å². The molecule has 0 aliphatic rings. The van der Waals surface area contributed by atoms with Gasteiger partial charge in [-0.25, -0.2) is 14.6 Å². The molecule has 0 bridgehead atoms. The number of furan rings is 1. The molecule has 0 spiro atoms. The van der Waals surface area contributed by atoms with Crippen LogP contribution in [-0.2, 0) is 4.74 Å². The summed E-state index contributed by atoms with van der Waals surface area (Å²) in [4.78, 5) is 25.8. The molecule has 0 aromatic carbocycles. The van der Waals surface area contributed by atoms with Crippen molar-refractivity contribution in [3.63, 3.8) is 0 Å². The molecule has 0 saturated heterocycles. The van der Waals surface area contributed by atoms with Gasteiger partial charge in [0.15, 0.2) is 0 Å². The van der Waals surface area contributed by atoms with Crippen LogP contribution in [0.1, 0.15) is 21.0 Å². The van der Waals surface area contributed by atoms with Gasteiger partial charge in [0.2, 0.25) is 5.76 Å². The molecule has 18 heavy (non-hydrogen) atoms. The Morgan fingerprint density at radius 1 is 1.33 bits per heavy atom. The van der Waals surface area contributed by atoms with E-state index >= 15 is 0 Å². The number of carboxylic acid groups (broad SMARTS) is 1. The summed E-state index contributed by atoms with van der Waals surface area (Å²) in [6.07, 6.45) is 1.42. The molecule has 0 amide bonds. The molecule has 0 unspecified atom stereocenters. The van der Waals surface area contributed by atoms with Crippen LogP contribution in [0.25, 0.3) is 11.3 Å². The molecule has 1 N–H and O–H groups in total. The Morgan fingerprint density at radius 2 is 2.11 bits per heavy atom. The van der Waals surface area contributed by atoms with Gasteiger partial charge in [-0.1, -0.05) is 0 Å². The molecule has 0 saturated carbocycles. The van der Waals surface area contributed by atoms with Crippen molar-refractivity contribution >= 4 is 11.9 Å². The molecule has 6 nitrogen and oxygen atoms in total. The number of carbonyl (C=O) groups excluding carboxylic acids is 1. The van der Waals surface area contributed by atoms with Crippen molar-refractivity contribution < 1.29 is 23.8 Å². The van der Waals surface area contributed by atoms with Gasteiger partial charge in [-0.15, -0.1) is 0 Å². The van der Waals surface area contributed by atoms with Crippen LogP contribution in [0.3, 0.4) is 0 Å². The van der Waals surface area contributed by atoms with Crippen molar-refractivity contribution in [2.75, 3.05) is 7.11 Å². The Balaban J connectivity index is 2.38. The molecule has 0 atom stereocenters. The van der Waals surface area contributed by atoms with Gasteiger partial charge < -0.3 is 14.3 Å². The smallest absolute Gasteiger partial charge is 0.371 e. The van der Waals surface area contributed by atoms with Crippen LogP contribution in [-0.4, -0.2) is 29.1 Å². The van der Waals surface area contributed by atoms with Crippen molar-refractivity contribution in [2.24, 2.45) is 0 Å². The first-order valence-corrected chi connectivity index (χ1v) is 4.99. The number of aromatic carboxylic acids is 1. The summed E-state index contributed by atoms with van der Waals surface area (Å²) in [5.74, 6) is -1.54. The largest absolute Gasteiger partial charge is 0.475 e. The number of carbonyl (C=O) groups is 2. The lowest BCUT2D eigenvalue weighted by Gasteiger charge is -2.00. The van der Waals surface area contributed by atoms with Gasteiger partial charge in [0.25, 0.3) is 0 Å². The molecule has 0 aliphatic heterocycles. The van der Waals surface area contributed by atoms with E-state index in [0.29, 0.717) is 11.3 Å². The van der Waals surface area contributed by atoms with E-state index in [-0.39, 0.29) is 11.5 Å². The second-order valence-electron chi connectivity index (χ2n) is 3.39. The molecule has 2 aromatic rings. The fourth-order valence-corrected chi connectivity index (χ4v) is 1.41. The highest BCUT2D eigenvalue weighted by Crippen LogP contribution is 2.22. The number of hydrogen-bond donors (Lipinski definition) is 1. The molecule has 6 heteroatoms. The minimum atomic E-state index is -1.15. The third-order valence-corrected chi connectivity index (χ3v) is 2.26. The Labute approximate surface area is 102 Å². The lowest BCUT2D eigenvalue weighted by atomic mass is 10.2. The van der Waals surface area contributed by atoms with Crippen LogP contribution in [0, 0.1) is 0 Å². The number of carboxylic acids is 1. The van der Waals surface area contributed by atoms with Crippen LogP contribution >= 0.6 is 0 Å². The van der Waals surface area contributed by atoms with Gasteiger partial charge in [0.1, 0.15) is 11.5 Å². The first kappa shape index (κ1) is 11.8. The molecule has 0 fully saturated rings. The average molecular weight is 247 g/mol. The first-order chi connectivity index (χ1) is 8.61. The maximum atomic E-state index is 11.3. The number of nitrogens with zero attached hydrogens (tertiary/aromatic N) is 1. The van der Waals surface area contributed by atoms with Crippen molar-refractivity contribution in [1.82, 2.24) is 4.98 Å². The number of aromatic nitrogens is 1. The quantitative estimate of drug-likeness (QED) is 0.832. The SMILES string of the molecule is COC(=O)c1cc(-c2ccc(C(=O)O)o2)ccn1. The molecule has 2 aromatic heterocycles. The third-order valence-electron chi connectivity index (χ3n) is 2.26. The highest BCUT2D eigenvalue weighted by atomic mass is 16.5. The fraction of sp³-hybridized carbons (Fsp3) is 0.0833. The van der Waals surface area contributed by atoms with E-state index in [2.05, 4.69) is 9.72 Å². The van der Waals surface area contributed by atoms with Gasteiger partial charge in [-0.3, -0.25) is 0 Å². The van der Waals surface area contributed by atoms with Gasteiger partial charge in [-0.2, -0.15) is 0 Å². The van der Waals surface area contributed by atoms with Crippen LogP contribution in [0.4, 0.5) is 0 Å². The molecule has 92 valence electrons. The molecule has 2 rings (SSSR count). The van der Waals surface area contributed by atoms with Crippen LogP contribution in [0.2, 0.25) is 0 Å². The average Bonchev–Trinajstić information content (AvgIpc) is 2.88. The second kappa shape index (κ2) is 4.70. The highest BCUT2D eigenvalue weighted by molar-refractivity contribution is 5.89. The van der Waals surface area contributed by atoms with E-state index < -0.39 is 11.9 Å². The van der Waals surface area contributed by atoms with E-state index in [1.165, 1.54) is 31.5 Å². The summed E-state index contributed by atoms with van der Waals surface area (Å²) in [7, 11) is 1.26. The first-order valence-electron chi connectivity index (χ1n) is 4.99. The van der Waals surface area contributed by atoms with E-state index in [1.54, 1.807) is 6.07 Å². The number of rotatable bonds is 3. The Kier molecular flexibility index (Phi) is 3.09. The van der Waals surface area contributed by atoms with Crippen LogP contribution in [0.5, 0.6) is 0 Å². The van der Waals surface area contributed by atoms with Gasteiger partial charge >= 0.3 is 11.9 Å². The Bertz CT molecular complexity index is 602. The Morgan fingerprint density at radius 3 is 2.72 bits per heavy atom. The lowest BCUT2D eigenvalue weighted by molar-refractivity contribution is 0.0592. The highest BCUT2D eigenvalue weighted by Gasteiger charge is 2.13. The van der Waals surface area contributed by atoms with E-state index in [4.69, 9.17) is 9.52 Å². The topological polar surface area (TPSA) is 89.6 Å². The molecule has 0 radical (unpaired) electrons. The number of hydrogen-bond acceptors (Lipinski definition) is 5. The van der Waals surface area contributed by atoms with Crippen LogP contribution in [0.15, 0.2) is 34.9 Å². The van der Waals surface area contributed by atoms with Crippen LogP contribution < -0.4 is 0 Å². The predicted octanol–water partition coefficient (Wildman–Crippen LogP) is 1.83. The summed E-state index contributed by atoms with van der Waals surface area (Å²) >= 11 is 0. The minimum absolute atomic E-state index is 0.128. The lowest BCUT2D eigenvalue weighted by Crippen LogP contribution is -2.03. The summed E-state index contributed by atoms with van der Waals surface area (Å²) < 4.78 is 9.66. The number of pyridine rings is 1. The predicted molar refractivity (Wildman–Crippen MR) is 60.2 cm³/mol. The zero-order valence-electron chi connectivity index (χ0n) is 9.41. The molecule has 0 aliphatic carbocycles. The van der Waals surface area contributed by atoms with Crippen molar-refractivity contribution in [3.8, 4) is 11.3 Å². The summed E-state index contributed by atoms with van der Waals surface area (Å²) in [5, 5.41) is 8.75. The normalized spacial score (nSPS) is 10.1. The molecular formula is C12H9NO5. The summed E-state index contributed by atoms with van der Waals surface area (Å²) in [5.41, 5.74) is 0.682. The number of ether oxygens (including phenoxy) is 1. The van der Waals surface area contributed by atoms with Gasteiger partial charge in [0.05, 0.1) is 7.11 Å². The Hall–Kier alpha value is -2.63. The van der Waals surface area contributed by atoms with E-state index in [9.17, 15) is 9.59 Å². The number of methoxy groups -OCH3 is 1. The van der Waals surface area contributed by atoms with E-state index in [0.717, 1.165) is 0 Å². The third kappa shape index (κ3) is 2.22. The number of esters is 1. The standard InChI is InChI=1S/C12H9NO5/c1-17-12(16)8-6-7(4-5-13-8)9-2-3-10(18-9)11(14)15/h2-6H,1H3,(H,14,15). The monoisotopic (exact) mass is 247 g/mol. The second-order valence-corrected chi connectivity index (χ2v) is 3.39.